The van der Waals surface area contributed by atoms with Crippen molar-refractivity contribution in [1.82, 2.24) is 9.55 Å². The summed E-state index contributed by atoms with van der Waals surface area (Å²) in [7, 11) is 2.86. The zero-order valence-corrected chi connectivity index (χ0v) is 12.0. The molecule has 0 spiro atoms. The summed E-state index contributed by atoms with van der Waals surface area (Å²) < 4.78 is 11.2. The molecule has 116 valence electrons. The number of nitrogens with zero attached hydrogens (tertiary/aromatic N) is 2. The average Bonchev–Trinajstić information content (AvgIpc) is 2.51. The van der Waals surface area contributed by atoms with Crippen molar-refractivity contribution in [2.24, 2.45) is 0 Å². The van der Waals surface area contributed by atoms with E-state index in [9.17, 15) is 14.7 Å². The van der Waals surface area contributed by atoms with E-state index in [2.05, 4.69) is 4.98 Å². The Hall–Kier alpha value is -3.03. The molecular formula is C14H15N3O5. The molecule has 1 aromatic carbocycles. The number of methoxy groups -OCH3 is 2. The van der Waals surface area contributed by atoms with E-state index in [-0.39, 0.29) is 11.3 Å². The van der Waals surface area contributed by atoms with Crippen LogP contribution in [0.1, 0.15) is 11.6 Å². The number of nitrogens with two attached hydrogens (primary N) is 1. The van der Waals surface area contributed by atoms with Gasteiger partial charge in [-0.2, -0.15) is 0 Å². The predicted octanol–water partition coefficient (Wildman–Crippen LogP) is 0.517. The number of nitrogen functional groups attached to an aromatic ring is 1. The van der Waals surface area contributed by atoms with Crippen molar-refractivity contribution in [2.75, 3.05) is 20.0 Å². The molecule has 0 saturated carbocycles. The minimum absolute atomic E-state index is 0.143. The first kappa shape index (κ1) is 15.4. The Balaban J connectivity index is 2.70. The van der Waals surface area contributed by atoms with E-state index < -0.39 is 17.6 Å². The van der Waals surface area contributed by atoms with Crippen molar-refractivity contribution >= 4 is 11.7 Å². The van der Waals surface area contributed by atoms with Crippen LogP contribution in [0.5, 0.6) is 11.5 Å². The summed E-state index contributed by atoms with van der Waals surface area (Å²) in [5, 5.41) is 9.55. The van der Waals surface area contributed by atoms with Crippen LogP contribution in [0.15, 0.2) is 35.5 Å². The Bertz CT molecular complexity index is 756. The molecule has 3 N–H and O–H groups in total. The molecule has 0 aliphatic carbocycles. The van der Waals surface area contributed by atoms with Gasteiger partial charge in [-0.3, -0.25) is 9.36 Å². The molecule has 0 radical (unpaired) electrons. The highest BCUT2D eigenvalue weighted by molar-refractivity contribution is 5.77. The van der Waals surface area contributed by atoms with Gasteiger partial charge in [-0.1, -0.05) is 0 Å². The summed E-state index contributed by atoms with van der Waals surface area (Å²) >= 11 is 0. The van der Waals surface area contributed by atoms with Crippen molar-refractivity contribution < 1.29 is 19.4 Å². The second-order valence-corrected chi connectivity index (χ2v) is 4.41. The van der Waals surface area contributed by atoms with Crippen molar-refractivity contribution in [1.29, 1.82) is 0 Å². The zero-order valence-electron chi connectivity index (χ0n) is 12.0. The molecule has 0 aliphatic rings. The normalized spacial score (nSPS) is 11.7. The van der Waals surface area contributed by atoms with Crippen LogP contribution in [0, 0.1) is 0 Å². The number of carboxylic acids is 1. The van der Waals surface area contributed by atoms with Gasteiger partial charge in [0.05, 0.1) is 26.7 Å². The Labute approximate surface area is 125 Å². The van der Waals surface area contributed by atoms with Crippen LogP contribution >= 0.6 is 0 Å². The number of hydrogen-bond donors (Lipinski definition) is 2. The van der Waals surface area contributed by atoms with Gasteiger partial charge >= 0.3 is 5.97 Å². The summed E-state index contributed by atoms with van der Waals surface area (Å²) in [6.45, 7) is 0. The van der Waals surface area contributed by atoms with E-state index in [1.165, 1.54) is 26.5 Å². The predicted molar refractivity (Wildman–Crippen MR) is 78.2 cm³/mol. The van der Waals surface area contributed by atoms with Crippen LogP contribution in [0.2, 0.25) is 0 Å². The number of carboxylic acid groups (broad SMARTS) is 1. The van der Waals surface area contributed by atoms with Crippen LogP contribution in [-0.4, -0.2) is 34.8 Å². The summed E-state index contributed by atoms with van der Waals surface area (Å²) in [4.78, 5) is 27.6. The third kappa shape index (κ3) is 2.71. The second-order valence-electron chi connectivity index (χ2n) is 4.41. The van der Waals surface area contributed by atoms with Gasteiger partial charge in [0.25, 0.3) is 5.56 Å². The average molecular weight is 305 g/mol. The molecular weight excluding hydrogens is 290 g/mol. The van der Waals surface area contributed by atoms with Crippen LogP contribution in [0.4, 0.5) is 5.69 Å². The third-order valence-corrected chi connectivity index (χ3v) is 3.13. The number of ether oxygens (including phenoxy) is 2. The first-order chi connectivity index (χ1) is 10.5. The van der Waals surface area contributed by atoms with Gasteiger partial charge in [0.2, 0.25) is 0 Å². The Morgan fingerprint density at radius 1 is 1.36 bits per heavy atom. The molecule has 1 aromatic heterocycles. The molecule has 1 atom stereocenters. The molecule has 0 aliphatic heterocycles. The van der Waals surface area contributed by atoms with E-state index in [1.807, 2.05) is 0 Å². The lowest BCUT2D eigenvalue weighted by molar-refractivity contribution is -0.139. The van der Waals surface area contributed by atoms with Gasteiger partial charge in [-0.25, -0.2) is 9.78 Å². The fourth-order valence-corrected chi connectivity index (χ4v) is 2.08. The highest BCUT2D eigenvalue weighted by Gasteiger charge is 2.27. The van der Waals surface area contributed by atoms with Gasteiger partial charge in [-0.15, -0.1) is 0 Å². The van der Waals surface area contributed by atoms with Gasteiger partial charge in [0, 0.05) is 5.56 Å². The zero-order chi connectivity index (χ0) is 16.3. The highest BCUT2D eigenvalue weighted by atomic mass is 16.5. The maximum atomic E-state index is 12.1. The van der Waals surface area contributed by atoms with Crippen molar-refractivity contribution in [2.45, 2.75) is 6.04 Å². The minimum Gasteiger partial charge on any atom is -0.497 e. The molecule has 0 fully saturated rings. The van der Waals surface area contributed by atoms with Crippen LogP contribution < -0.4 is 20.8 Å². The first-order valence-electron chi connectivity index (χ1n) is 6.26. The maximum absolute atomic E-state index is 12.1. The fourth-order valence-electron chi connectivity index (χ4n) is 2.08. The number of anilines is 1. The third-order valence-electron chi connectivity index (χ3n) is 3.13. The number of hydrogen-bond acceptors (Lipinski definition) is 6. The van der Waals surface area contributed by atoms with Gasteiger partial charge < -0.3 is 20.3 Å². The Kier molecular flexibility index (Phi) is 4.31. The number of benzene rings is 1. The SMILES string of the molecule is COc1ccc(OC)c(C(C(=O)O)n2cncc(N)c2=O)c1. The number of carbonyl (C=O) groups is 1. The number of rotatable bonds is 5. The molecule has 0 amide bonds. The summed E-state index contributed by atoms with van der Waals surface area (Å²) in [6.07, 6.45) is 2.29. The van der Waals surface area contributed by atoms with Crippen molar-refractivity contribution in [3.05, 3.63) is 46.6 Å². The topological polar surface area (TPSA) is 117 Å². The lowest BCUT2D eigenvalue weighted by Crippen LogP contribution is -2.32. The standard InChI is InChI=1S/C14H15N3O5/c1-21-8-3-4-11(22-2)9(5-8)12(14(19)20)17-7-16-6-10(15)13(17)18/h3-7,12H,15H2,1-2H3,(H,19,20). The van der Waals surface area contributed by atoms with Crippen LogP contribution in [0.3, 0.4) is 0 Å². The van der Waals surface area contributed by atoms with Crippen molar-refractivity contribution in [3.8, 4) is 11.5 Å². The lowest BCUT2D eigenvalue weighted by Gasteiger charge is -2.19. The molecule has 1 heterocycles. The first-order valence-corrected chi connectivity index (χ1v) is 6.26. The Morgan fingerprint density at radius 2 is 2.09 bits per heavy atom. The maximum Gasteiger partial charge on any atom is 0.331 e. The summed E-state index contributed by atoms with van der Waals surface area (Å²) in [5.41, 5.74) is 4.98. The van der Waals surface area contributed by atoms with Gasteiger partial charge in [0.15, 0.2) is 6.04 Å². The molecule has 0 saturated heterocycles. The van der Waals surface area contributed by atoms with Gasteiger partial charge in [0.1, 0.15) is 17.2 Å². The molecule has 2 aromatic rings. The lowest BCUT2D eigenvalue weighted by atomic mass is 10.0. The number of aliphatic carboxylic acids is 1. The minimum atomic E-state index is -1.34. The van der Waals surface area contributed by atoms with E-state index in [0.717, 1.165) is 10.9 Å². The van der Waals surface area contributed by atoms with Crippen LogP contribution in [0.25, 0.3) is 0 Å². The summed E-state index contributed by atoms with van der Waals surface area (Å²) in [5.74, 6) is -0.504. The Morgan fingerprint density at radius 3 is 2.68 bits per heavy atom. The number of aromatic nitrogens is 2. The van der Waals surface area contributed by atoms with E-state index in [0.29, 0.717) is 11.5 Å². The van der Waals surface area contributed by atoms with Crippen molar-refractivity contribution in [3.63, 3.8) is 0 Å². The molecule has 8 heteroatoms. The van der Waals surface area contributed by atoms with E-state index >= 15 is 0 Å². The second kappa shape index (κ2) is 6.17. The molecule has 8 nitrogen and oxygen atoms in total. The molecule has 22 heavy (non-hydrogen) atoms. The molecule has 1 unspecified atom stereocenters. The highest BCUT2D eigenvalue weighted by Crippen LogP contribution is 2.31. The quantitative estimate of drug-likeness (QED) is 0.826. The van der Waals surface area contributed by atoms with Gasteiger partial charge in [-0.05, 0) is 18.2 Å². The smallest absolute Gasteiger partial charge is 0.331 e. The summed E-state index contributed by atoms with van der Waals surface area (Å²) in [6, 6.07) is 3.34. The van der Waals surface area contributed by atoms with E-state index in [1.54, 1.807) is 12.1 Å². The molecule has 0 bridgehead atoms. The monoisotopic (exact) mass is 305 g/mol. The fraction of sp³-hybridized carbons (Fsp3) is 0.214. The van der Waals surface area contributed by atoms with E-state index in [4.69, 9.17) is 15.2 Å². The van der Waals surface area contributed by atoms with Crippen LogP contribution in [-0.2, 0) is 4.79 Å². The largest absolute Gasteiger partial charge is 0.497 e. The molecule has 2 rings (SSSR count).